The van der Waals surface area contributed by atoms with Gasteiger partial charge in [-0.15, -0.1) is 0 Å². The Bertz CT molecular complexity index is 1500. The van der Waals surface area contributed by atoms with Gasteiger partial charge in [0.25, 0.3) is 9.04 Å². The molecule has 1 radical (unpaired) electrons. The van der Waals surface area contributed by atoms with Gasteiger partial charge in [-0.3, -0.25) is 4.79 Å². The van der Waals surface area contributed by atoms with E-state index in [-0.39, 0.29) is 35.1 Å². The van der Waals surface area contributed by atoms with Crippen LogP contribution in [0.15, 0.2) is 42.5 Å². The molecule has 4 rings (SSSR count). The van der Waals surface area contributed by atoms with Crippen molar-refractivity contribution in [2.24, 2.45) is 11.3 Å². The zero-order chi connectivity index (χ0) is 37.6. The summed E-state index contributed by atoms with van der Waals surface area (Å²) in [6.07, 6.45) is -0.888. The number of thioether (sulfide) groups is 1. The summed E-state index contributed by atoms with van der Waals surface area (Å²) in [6, 6.07) is 14.9. The van der Waals surface area contributed by atoms with E-state index in [9.17, 15) is 26.7 Å². The molecule has 283 valence electrons. The lowest BCUT2D eigenvalue weighted by Crippen LogP contribution is -2.38. The third-order valence-electron chi connectivity index (χ3n) is 10.2. The molecule has 3 atom stereocenters. The number of fused-ring (bicyclic) bond motifs is 1. The molecule has 51 heavy (non-hydrogen) atoms. The lowest BCUT2D eigenvalue weighted by atomic mass is 9.64. The fourth-order valence-corrected chi connectivity index (χ4v) is 8.85. The Kier molecular flexibility index (Phi) is 13.8. The first-order valence-corrected chi connectivity index (χ1v) is 21.7. The van der Waals surface area contributed by atoms with Gasteiger partial charge in [0, 0.05) is 24.3 Å². The normalized spacial score (nSPS) is 21.2. The molecule has 0 heterocycles. The predicted octanol–water partition coefficient (Wildman–Crippen LogP) is 11.9. The highest BCUT2D eigenvalue weighted by Gasteiger charge is 2.56. The number of carbonyl (C=O) groups excluding carboxylic acids is 1. The topological polar surface area (TPSA) is 44.8 Å². The van der Waals surface area contributed by atoms with Gasteiger partial charge in [-0.25, -0.2) is 0 Å². The molecule has 11 heteroatoms. The summed E-state index contributed by atoms with van der Waals surface area (Å²) in [7, 11) is -1.03. The van der Waals surface area contributed by atoms with Gasteiger partial charge in [0.05, 0.1) is 6.61 Å². The lowest BCUT2D eigenvalue weighted by molar-refractivity contribution is -0.284. The van der Waals surface area contributed by atoms with Gasteiger partial charge >= 0.3 is 18.1 Å². The maximum Gasteiger partial charge on any atom is 0.453 e. The van der Waals surface area contributed by atoms with E-state index in [4.69, 9.17) is 13.9 Å². The van der Waals surface area contributed by atoms with Gasteiger partial charge in [-0.1, -0.05) is 52.0 Å². The maximum atomic E-state index is 13.0. The Hall–Kier alpha value is -2.53. The van der Waals surface area contributed by atoms with Crippen LogP contribution in [-0.2, 0) is 14.9 Å². The molecule has 0 aliphatic heterocycles. The van der Waals surface area contributed by atoms with Crippen molar-refractivity contribution in [3.05, 3.63) is 59.2 Å². The summed E-state index contributed by atoms with van der Waals surface area (Å²) in [5.41, 5.74) is 5.82. The Morgan fingerprint density at radius 1 is 0.922 bits per heavy atom. The molecule has 0 amide bonds. The lowest BCUT2D eigenvalue weighted by Gasteiger charge is -2.42. The van der Waals surface area contributed by atoms with Crippen LogP contribution in [-0.4, -0.2) is 51.3 Å². The van der Waals surface area contributed by atoms with Crippen molar-refractivity contribution in [2.45, 2.75) is 129 Å². The van der Waals surface area contributed by atoms with Crippen LogP contribution >= 0.6 is 11.8 Å². The maximum absolute atomic E-state index is 13.0. The number of esters is 1. The molecule has 1 fully saturated rings. The Balaban J connectivity index is 1.44. The largest absolute Gasteiger partial charge is 0.542 e. The molecule has 0 spiro atoms. The number of alkyl halides is 5. The SMILES string of the molecule is CC(=O)O[C@H]1CC[C@H]2CC(c3ccc(C(C)(C)C)cc3O[Si](C)C)=C(c3ccc(OCCCCCSCCCC(F)(F)C(F)(F)F)cc3)C[C@@]21C. The quantitative estimate of drug-likeness (QED) is 0.0739. The fraction of sp³-hybridized carbons (Fsp3) is 0.625. The zero-order valence-corrected chi connectivity index (χ0v) is 32.9. The van der Waals surface area contributed by atoms with Crippen molar-refractivity contribution < 1.29 is 40.6 Å². The first-order valence-electron chi connectivity index (χ1n) is 18.1. The average Bonchev–Trinajstić information content (AvgIpc) is 3.34. The number of allylic oxidation sites excluding steroid dienone is 2. The van der Waals surface area contributed by atoms with Crippen LogP contribution in [0.25, 0.3) is 11.1 Å². The third-order valence-corrected chi connectivity index (χ3v) is 12.0. The number of hydrogen-bond donors (Lipinski definition) is 0. The number of unbranched alkanes of at least 4 members (excludes halogenated alkanes) is 2. The van der Waals surface area contributed by atoms with Gasteiger partial charge < -0.3 is 13.9 Å². The minimum atomic E-state index is -5.48. The molecule has 2 aromatic rings. The molecule has 1 saturated carbocycles. The molecule has 2 aliphatic rings. The second-order valence-corrected chi connectivity index (χ2v) is 18.8. The number of benzene rings is 2. The number of halogens is 5. The van der Waals surface area contributed by atoms with Crippen LogP contribution in [0.2, 0.25) is 13.1 Å². The molecular weight excluding hydrogens is 700 g/mol. The summed E-state index contributed by atoms with van der Waals surface area (Å²) in [4.78, 5) is 12.1. The molecular formula is C40H54F5O4SSi. The minimum absolute atomic E-state index is 0.0180. The van der Waals surface area contributed by atoms with Gasteiger partial charge in [0.15, 0.2) is 0 Å². The van der Waals surface area contributed by atoms with Crippen LogP contribution < -0.4 is 9.16 Å². The van der Waals surface area contributed by atoms with Crippen molar-refractivity contribution in [1.82, 2.24) is 0 Å². The van der Waals surface area contributed by atoms with E-state index in [1.165, 1.54) is 35.4 Å². The van der Waals surface area contributed by atoms with E-state index >= 15 is 0 Å². The highest BCUT2D eigenvalue weighted by molar-refractivity contribution is 7.99. The van der Waals surface area contributed by atoms with Gasteiger partial charge in [0.1, 0.15) is 17.6 Å². The highest BCUT2D eigenvalue weighted by atomic mass is 32.2. The monoisotopic (exact) mass is 753 g/mol. The molecule has 0 bridgehead atoms. The highest BCUT2D eigenvalue weighted by Crippen LogP contribution is 2.59. The van der Waals surface area contributed by atoms with E-state index in [1.54, 1.807) is 0 Å². The Morgan fingerprint density at radius 2 is 1.61 bits per heavy atom. The average molecular weight is 754 g/mol. The Morgan fingerprint density at radius 3 is 2.24 bits per heavy atom. The van der Waals surface area contributed by atoms with Crippen LogP contribution in [0, 0.1) is 11.3 Å². The van der Waals surface area contributed by atoms with Crippen LogP contribution in [0.3, 0.4) is 0 Å². The minimum Gasteiger partial charge on any atom is -0.542 e. The zero-order valence-electron chi connectivity index (χ0n) is 31.1. The van der Waals surface area contributed by atoms with Gasteiger partial charge in [-0.05, 0) is 128 Å². The van der Waals surface area contributed by atoms with Gasteiger partial charge in [-0.2, -0.15) is 33.7 Å². The molecule has 0 saturated heterocycles. The van der Waals surface area contributed by atoms with Crippen molar-refractivity contribution >= 4 is 37.9 Å². The van der Waals surface area contributed by atoms with Crippen molar-refractivity contribution in [1.29, 1.82) is 0 Å². The first-order chi connectivity index (χ1) is 23.8. The second kappa shape index (κ2) is 17.1. The summed E-state index contributed by atoms with van der Waals surface area (Å²) in [6.45, 7) is 15.2. The summed E-state index contributed by atoms with van der Waals surface area (Å²) in [5, 5.41) is 0. The summed E-state index contributed by atoms with van der Waals surface area (Å²) >= 11 is 1.41. The molecule has 0 N–H and O–H groups in total. The smallest absolute Gasteiger partial charge is 0.453 e. The van der Waals surface area contributed by atoms with Gasteiger partial charge in [0.2, 0.25) is 0 Å². The Labute approximate surface area is 307 Å². The number of rotatable bonds is 16. The number of ether oxygens (including phenoxy) is 2. The van der Waals surface area contributed by atoms with E-state index in [2.05, 4.69) is 71.1 Å². The van der Waals surface area contributed by atoms with Crippen LogP contribution in [0.4, 0.5) is 22.0 Å². The van der Waals surface area contributed by atoms with Crippen molar-refractivity contribution in [2.75, 3.05) is 18.1 Å². The molecule has 0 unspecified atom stereocenters. The van der Waals surface area contributed by atoms with Crippen molar-refractivity contribution in [3.8, 4) is 11.5 Å². The van der Waals surface area contributed by atoms with E-state index in [1.807, 2.05) is 12.1 Å². The molecule has 2 aromatic carbocycles. The van der Waals surface area contributed by atoms with Crippen LogP contribution in [0.1, 0.15) is 109 Å². The van der Waals surface area contributed by atoms with Crippen LogP contribution in [0.5, 0.6) is 11.5 Å². The third kappa shape index (κ3) is 10.8. The fourth-order valence-electron chi connectivity index (χ4n) is 7.28. The molecule has 2 aliphatic carbocycles. The molecule has 4 nitrogen and oxygen atoms in total. The van der Waals surface area contributed by atoms with E-state index in [0.29, 0.717) is 18.3 Å². The number of carbonyl (C=O) groups is 1. The predicted molar refractivity (Wildman–Crippen MR) is 199 cm³/mol. The van der Waals surface area contributed by atoms with Crippen molar-refractivity contribution in [3.63, 3.8) is 0 Å². The summed E-state index contributed by atoms with van der Waals surface area (Å²) < 4.78 is 81.5. The van der Waals surface area contributed by atoms with E-state index < -0.39 is 27.6 Å². The number of hydrogen-bond acceptors (Lipinski definition) is 5. The van der Waals surface area contributed by atoms with E-state index in [0.717, 1.165) is 67.6 Å². The molecule has 0 aromatic heterocycles. The first kappa shape index (κ1) is 41.2. The second-order valence-electron chi connectivity index (χ2n) is 15.5. The summed E-state index contributed by atoms with van der Waals surface area (Å²) in [5.74, 6) is -1.77. The standard InChI is InChI=1S/C40H54F5O4SSi/c1-27(46)48-36-19-15-30-24-33(32-18-14-29(37(2,3)4)25-35(32)49-51(6)7)34(26-38(30,36)5)28-12-16-31(17-13-28)47-21-9-8-10-22-50-23-11-20-39(41,42)40(43,44)45/h12-14,16-18,25,30,36H,8-11,15,19-24,26H2,1-7H3/t30-,36-,38-/m0/s1.